The first-order valence-corrected chi connectivity index (χ1v) is 9.12. The zero-order valence-corrected chi connectivity index (χ0v) is 15.4. The average Bonchev–Trinajstić information content (AvgIpc) is 2.66. The number of nitrogens with zero attached hydrogens (tertiary/aromatic N) is 2. The molecule has 0 aliphatic carbocycles. The lowest BCUT2D eigenvalue weighted by Crippen LogP contribution is -2.51. The summed E-state index contributed by atoms with van der Waals surface area (Å²) in [6.07, 6.45) is 3.93. The van der Waals surface area contributed by atoms with E-state index in [4.69, 9.17) is 9.47 Å². The maximum absolute atomic E-state index is 12.4. The quantitative estimate of drug-likeness (QED) is 0.644. The molecule has 1 heterocycles. The number of benzene rings is 1. The molecule has 5 heteroatoms. The van der Waals surface area contributed by atoms with Crippen molar-refractivity contribution in [2.45, 2.75) is 20.0 Å². The van der Waals surface area contributed by atoms with Crippen LogP contribution in [0.2, 0.25) is 0 Å². The van der Waals surface area contributed by atoms with Gasteiger partial charge in [-0.25, -0.2) is 0 Å². The van der Waals surface area contributed by atoms with Gasteiger partial charge in [-0.05, 0) is 19.4 Å². The van der Waals surface area contributed by atoms with E-state index in [9.17, 15) is 4.79 Å². The van der Waals surface area contributed by atoms with Gasteiger partial charge in [0, 0.05) is 39.3 Å². The SMILES string of the molecule is CCOCCOC(C)C(=O)N1CCN(C/C=C/c2ccccc2)CC1. The predicted octanol–water partition coefficient (Wildman–Crippen LogP) is 2.29. The van der Waals surface area contributed by atoms with E-state index in [-0.39, 0.29) is 5.91 Å². The van der Waals surface area contributed by atoms with E-state index < -0.39 is 6.10 Å². The highest BCUT2D eigenvalue weighted by Gasteiger charge is 2.24. The van der Waals surface area contributed by atoms with E-state index >= 15 is 0 Å². The van der Waals surface area contributed by atoms with Crippen LogP contribution in [0, 0.1) is 0 Å². The Balaban J connectivity index is 1.66. The van der Waals surface area contributed by atoms with E-state index in [1.807, 2.05) is 36.9 Å². The van der Waals surface area contributed by atoms with Crippen molar-refractivity contribution in [1.82, 2.24) is 9.80 Å². The molecule has 0 spiro atoms. The normalized spacial score (nSPS) is 17.1. The smallest absolute Gasteiger partial charge is 0.251 e. The second-order valence-electron chi connectivity index (χ2n) is 6.15. The first-order valence-electron chi connectivity index (χ1n) is 9.12. The summed E-state index contributed by atoms with van der Waals surface area (Å²) in [6.45, 7) is 9.68. The third kappa shape index (κ3) is 6.98. The molecule has 0 bridgehead atoms. The van der Waals surface area contributed by atoms with Gasteiger partial charge in [0.1, 0.15) is 6.10 Å². The second-order valence-corrected chi connectivity index (χ2v) is 6.15. The summed E-state index contributed by atoms with van der Waals surface area (Å²) in [7, 11) is 0. The van der Waals surface area contributed by atoms with E-state index in [2.05, 4.69) is 29.2 Å². The summed E-state index contributed by atoms with van der Waals surface area (Å²) in [5, 5.41) is 0. The van der Waals surface area contributed by atoms with Crippen LogP contribution in [0.3, 0.4) is 0 Å². The van der Waals surface area contributed by atoms with E-state index in [1.165, 1.54) is 5.56 Å². The van der Waals surface area contributed by atoms with Gasteiger partial charge in [-0.1, -0.05) is 42.5 Å². The summed E-state index contributed by atoms with van der Waals surface area (Å²) in [4.78, 5) is 16.7. The minimum Gasteiger partial charge on any atom is -0.379 e. The van der Waals surface area contributed by atoms with Crippen molar-refractivity contribution in [3.05, 3.63) is 42.0 Å². The molecule has 1 amide bonds. The lowest BCUT2D eigenvalue weighted by Gasteiger charge is -2.35. The summed E-state index contributed by atoms with van der Waals surface area (Å²) in [6, 6.07) is 10.3. The van der Waals surface area contributed by atoms with Gasteiger partial charge in [0.25, 0.3) is 5.91 Å². The molecular weight excluding hydrogens is 316 g/mol. The van der Waals surface area contributed by atoms with Gasteiger partial charge in [0.15, 0.2) is 0 Å². The van der Waals surface area contributed by atoms with Gasteiger partial charge in [-0.15, -0.1) is 0 Å². The summed E-state index contributed by atoms with van der Waals surface area (Å²) < 4.78 is 10.8. The fourth-order valence-corrected chi connectivity index (χ4v) is 2.81. The lowest BCUT2D eigenvalue weighted by atomic mass is 10.2. The molecule has 1 aliphatic rings. The third-order valence-corrected chi connectivity index (χ3v) is 4.30. The van der Waals surface area contributed by atoms with Crippen LogP contribution in [0.15, 0.2) is 36.4 Å². The molecule has 1 atom stereocenters. The number of rotatable bonds is 9. The predicted molar refractivity (Wildman–Crippen MR) is 100 cm³/mol. The van der Waals surface area contributed by atoms with Gasteiger partial charge in [0.05, 0.1) is 13.2 Å². The number of carbonyl (C=O) groups is 1. The number of ether oxygens (including phenoxy) is 2. The third-order valence-electron chi connectivity index (χ3n) is 4.30. The number of amides is 1. The van der Waals surface area contributed by atoms with Gasteiger partial charge in [-0.3, -0.25) is 9.69 Å². The van der Waals surface area contributed by atoms with Crippen LogP contribution < -0.4 is 0 Å². The highest BCUT2D eigenvalue weighted by Crippen LogP contribution is 2.07. The van der Waals surface area contributed by atoms with Crippen molar-refractivity contribution in [2.24, 2.45) is 0 Å². The zero-order valence-electron chi connectivity index (χ0n) is 15.4. The number of carbonyl (C=O) groups excluding carboxylic acids is 1. The van der Waals surface area contributed by atoms with E-state index in [1.54, 1.807) is 0 Å². The lowest BCUT2D eigenvalue weighted by molar-refractivity contribution is -0.145. The summed E-state index contributed by atoms with van der Waals surface area (Å²) >= 11 is 0. The molecule has 0 aromatic heterocycles. The van der Waals surface area contributed by atoms with Crippen molar-refractivity contribution >= 4 is 12.0 Å². The van der Waals surface area contributed by atoms with Gasteiger partial charge in [-0.2, -0.15) is 0 Å². The van der Waals surface area contributed by atoms with Crippen LogP contribution in [0.4, 0.5) is 0 Å². The topological polar surface area (TPSA) is 42.0 Å². The van der Waals surface area contributed by atoms with Crippen molar-refractivity contribution < 1.29 is 14.3 Å². The Kier molecular flexibility index (Phi) is 8.66. The molecule has 1 fully saturated rings. The molecule has 0 N–H and O–H groups in total. The van der Waals surface area contributed by atoms with E-state index in [0.717, 1.165) is 32.7 Å². The highest BCUT2D eigenvalue weighted by atomic mass is 16.5. The number of hydrogen-bond acceptors (Lipinski definition) is 4. The Labute approximate surface area is 151 Å². The van der Waals surface area contributed by atoms with Gasteiger partial charge < -0.3 is 14.4 Å². The van der Waals surface area contributed by atoms with Crippen molar-refractivity contribution in [2.75, 3.05) is 52.5 Å². The molecule has 0 saturated carbocycles. The minimum atomic E-state index is -0.398. The monoisotopic (exact) mass is 346 g/mol. The highest BCUT2D eigenvalue weighted by molar-refractivity contribution is 5.80. The summed E-state index contributed by atoms with van der Waals surface area (Å²) in [5.74, 6) is 0.0796. The molecule has 1 unspecified atom stereocenters. The van der Waals surface area contributed by atoms with Crippen LogP contribution in [0.1, 0.15) is 19.4 Å². The zero-order chi connectivity index (χ0) is 17.9. The van der Waals surface area contributed by atoms with Gasteiger partial charge in [0.2, 0.25) is 0 Å². The fourth-order valence-electron chi connectivity index (χ4n) is 2.81. The molecule has 0 radical (unpaired) electrons. The maximum Gasteiger partial charge on any atom is 0.251 e. The molecule has 138 valence electrons. The minimum absolute atomic E-state index is 0.0796. The first kappa shape index (κ1) is 19.6. The van der Waals surface area contributed by atoms with Crippen molar-refractivity contribution in [3.63, 3.8) is 0 Å². The fraction of sp³-hybridized carbons (Fsp3) is 0.550. The summed E-state index contributed by atoms with van der Waals surface area (Å²) in [5.41, 5.74) is 1.22. The van der Waals surface area contributed by atoms with Crippen LogP contribution in [0.25, 0.3) is 6.08 Å². The molecule has 1 aliphatic heterocycles. The molecule has 2 rings (SSSR count). The molecule has 5 nitrogen and oxygen atoms in total. The van der Waals surface area contributed by atoms with Crippen LogP contribution >= 0.6 is 0 Å². The molecular formula is C20H30N2O3. The standard InChI is InChI=1S/C20H30N2O3/c1-3-24-16-17-25-18(2)20(23)22-14-12-21(13-15-22)11-7-10-19-8-5-4-6-9-19/h4-10,18H,3,11-17H2,1-2H3/b10-7+. The Morgan fingerprint density at radius 3 is 2.56 bits per heavy atom. The van der Waals surface area contributed by atoms with Crippen LogP contribution in [0.5, 0.6) is 0 Å². The van der Waals surface area contributed by atoms with Crippen molar-refractivity contribution in [3.8, 4) is 0 Å². The molecule has 1 aromatic carbocycles. The van der Waals surface area contributed by atoms with Crippen LogP contribution in [-0.4, -0.2) is 74.4 Å². The molecule has 25 heavy (non-hydrogen) atoms. The maximum atomic E-state index is 12.4. The van der Waals surface area contributed by atoms with Crippen molar-refractivity contribution in [1.29, 1.82) is 0 Å². The van der Waals surface area contributed by atoms with Gasteiger partial charge >= 0.3 is 0 Å². The largest absolute Gasteiger partial charge is 0.379 e. The Morgan fingerprint density at radius 2 is 1.88 bits per heavy atom. The molecule has 1 aromatic rings. The van der Waals surface area contributed by atoms with E-state index in [0.29, 0.717) is 19.8 Å². The second kappa shape index (κ2) is 11.0. The average molecular weight is 346 g/mol. The Bertz CT molecular complexity index is 525. The molecule has 1 saturated heterocycles. The number of piperazine rings is 1. The number of hydrogen-bond donors (Lipinski definition) is 0. The van der Waals surface area contributed by atoms with Crippen LogP contribution in [-0.2, 0) is 14.3 Å². The first-order chi connectivity index (χ1) is 12.2. The Hall–Kier alpha value is -1.69. The Morgan fingerprint density at radius 1 is 1.16 bits per heavy atom.